The zero-order valence-electron chi connectivity index (χ0n) is 10.6. The third-order valence-electron chi connectivity index (χ3n) is 3.64. The summed E-state index contributed by atoms with van der Waals surface area (Å²) < 4.78 is 0. The molecule has 17 heavy (non-hydrogen) atoms. The zero-order chi connectivity index (χ0) is 12.1. The van der Waals surface area contributed by atoms with Gasteiger partial charge in [-0.2, -0.15) is 0 Å². The largest absolute Gasteiger partial charge is 0.390 e. The van der Waals surface area contributed by atoms with Crippen molar-refractivity contribution in [3.05, 3.63) is 24.0 Å². The van der Waals surface area contributed by atoms with E-state index < -0.39 is 0 Å². The first-order valence-electron chi connectivity index (χ1n) is 6.64. The van der Waals surface area contributed by atoms with E-state index in [1.807, 2.05) is 12.1 Å². The van der Waals surface area contributed by atoms with Crippen molar-refractivity contribution < 1.29 is 5.11 Å². The van der Waals surface area contributed by atoms with Gasteiger partial charge in [0.2, 0.25) is 0 Å². The molecule has 1 aromatic rings. The molecule has 0 atom stereocenters. The molecule has 0 saturated carbocycles. The van der Waals surface area contributed by atoms with Gasteiger partial charge in [0.1, 0.15) is 0 Å². The van der Waals surface area contributed by atoms with Crippen molar-refractivity contribution in [3.63, 3.8) is 0 Å². The lowest BCUT2D eigenvalue weighted by Crippen LogP contribution is -2.33. The third-order valence-corrected chi connectivity index (χ3v) is 3.64. The van der Waals surface area contributed by atoms with Crippen molar-refractivity contribution in [2.45, 2.75) is 39.2 Å². The van der Waals surface area contributed by atoms with Gasteiger partial charge in [-0.1, -0.05) is 19.8 Å². The van der Waals surface area contributed by atoms with E-state index >= 15 is 0 Å². The molecular weight excluding hydrogens is 212 g/mol. The summed E-state index contributed by atoms with van der Waals surface area (Å²) in [5.41, 5.74) is 1.97. The summed E-state index contributed by atoms with van der Waals surface area (Å²) >= 11 is 0. The molecule has 0 amide bonds. The van der Waals surface area contributed by atoms with E-state index in [9.17, 15) is 0 Å². The Morgan fingerprint density at radius 1 is 1.41 bits per heavy atom. The van der Waals surface area contributed by atoms with Crippen LogP contribution >= 0.6 is 0 Å². The molecule has 0 aliphatic carbocycles. The van der Waals surface area contributed by atoms with Gasteiger partial charge in [-0.05, 0) is 30.9 Å². The maximum Gasteiger partial charge on any atom is 0.0853 e. The van der Waals surface area contributed by atoms with Crippen LogP contribution in [-0.4, -0.2) is 23.2 Å². The number of aliphatic hydroxyl groups excluding tert-OH is 1. The second kappa shape index (κ2) is 6.01. The van der Waals surface area contributed by atoms with Crippen molar-refractivity contribution in [1.29, 1.82) is 0 Å². The summed E-state index contributed by atoms with van der Waals surface area (Å²) in [4.78, 5) is 6.53. The van der Waals surface area contributed by atoms with E-state index in [1.165, 1.54) is 31.4 Å². The zero-order valence-corrected chi connectivity index (χ0v) is 10.6. The van der Waals surface area contributed by atoms with Crippen molar-refractivity contribution in [2.75, 3.05) is 18.0 Å². The molecule has 1 aliphatic heterocycles. The molecule has 2 heterocycles. The van der Waals surface area contributed by atoms with Crippen molar-refractivity contribution >= 4 is 5.69 Å². The van der Waals surface area contributed by atoms with Crippen LogP contribution in [0.1, 0.15) is 38.3 Å². The van der Waals surface area contributed by atoms with Crippen LogP contribution in [0.5, 0.6) is 0 Å². The van der Waals surface area contributed by atoms with Gasteiger partial charge in [0, 0.05) is 25.0 Å². The molecule has 94 valence electrons. The summed E-state index contributed by atoms with van der Waals surface area (Å²) in [7, 11) is 0. The number of aliphatic hydroxyl groups is 1. The van der Waals surface area contributed by atoms with Gasteiger partial charge in [-0.25, -0.2) is 0 Å². The van der Waals surface area contributed by atoms with Crippen molar-refractivity contribution in [1.82, 2.24) is 4.98 Å². The minimum absolute atomic E-state index is 0.0279. The van der Waals surface area contributed by atoms with Crippen LogP contribution in [0.15, 0.2) is 18.3 Å². The van der Waals surface area contributed by atoms with Crippen molar-refractivity contribution in [2.24, 2.45) is 5.92 Å². The van der Waals surface area contributed by atoms with Crippen LogP contribution in [0.4, 0.5) is 5.69 Å². The highest BCUT2D eigenvalue weighted by Crippen LogP contribution is 2.25. The summed E-state index contributed by atoms with van der Waals surface area (Å²) in [6.07, 6.45) is 7.05. The van der Waals surface area contributed by atoms with Crippen LogP contribution in [0.2, 0.25) is 0 Å². The second-order valence-electron chi connectivity index (χ2n) is 4.88. The van der Waals surface area contributed by atoms with E-state index in [-0.39, 0.29) is 6.61 Å². The van der Waals surface area contributed by atoms with E-state index in [1.54, 1.807) is 6.20 Å². The van der Waals surface area contributed by atoms with Gasteiger partial charge < -0.3 is 10.0 Å². The maximum atomic E-state index is 9.09. The minimum atomic E-state index is 0.0279. The average Bonchev–Trinajstić information content (AvgIpc) is 2.40. The monoisotopic (exact) mass is 234 g/mol. The lowest BCUT2D eigenvalue weighted by Gasteiger charge is -2.33. The first kappa shape index (κ1) is 12.4. The Kier molecular flexibility index (Phi) is 4.37. The van der Waals surface area contributed by atoms with Gasteiger partial charge in [-0.15, -0.1) is 0 Å². The Morgan fingerprint density at radius 2 is 2.18 bits per heavy atom. The van der Waals surface area contributed by atoms with Gasteiger partial charge in [0.25, 0.3) is 0 Å². The summed E-state index contributed by atoms with van der Waals surface area (Å²) in [5, 5.41) is 9.09. The number of hydrogen-bond donors (Lipinski definition) is 1. The molecule has 1 aliphatic rings. The minimum Gasteiger partial charge on any atom is -0.390 e. The first-order chi connectivity index (χ1) is 8.33. The fraction of sp³-hybridized carbons (Fsp3) is 0.643. The van der Waals surface area contributed by atoms with E-state index in [2.05, 4.69) is 16.8 Å². The highest BCUT2D eigenvalue weighted by molar-refractivity contribution is 5.46. The number of hydrogen-bond acceptors (Lipinski definition) is 3. The Bertz CT molecular complexity index is 346. The molecule has 0 bridgehead atoms. The lowest BCUT2D eigenvalue weighted by molar-refractivity contribution is 0.277. The molecule has 2 rings (SSSR count). The lowest BCUT2D eigenvalue weighted by atomic mass is 9.92. The smallest absolute Gasteiger partial charge is 0.0853 e. The molecule has 0 aromatic carbocycles. The Hall–Kier alpha value is -1.09. The summed E-state index contributed by atoms with van der Waals surface area (Å²) in [6.45, 7) is 4.57. The normalized spacial score (nSPS) is 17.4. The SMILES string of the molecule is CCCC1CCN(c2ccnc(CO)c2)CC1. The van der Waals surface area contributed by atoms with Crippen molar-refractivity contribution in [3.8, 4) is 0 Å². The average molecular weight is 234 g/mol. The molecule has 3 heteroatoms. The predicted molar refractivity (Wildman–Crippen MR) is 70.0 cm³/mol. The van der Waals surface area contributed by atoms with Crippen LogP contribution in [0.25, 0.3) is 0 Å². The number of anilines is 1. The second-order valence-corrected chi connectivity index (χ2v) is 4.88. The maximum absolute atomic E-state index is 9.09. The topological polar surface area (TPSA) is 36.4 Å². The van der Waals surface area contributed by atoms with Crippen LogP contribution < -0.4 is 4.90 Å². The molecule has 1 N–H and O–H groups in total. The van der Waals surface area contributed by atoms with Crippen LogP contribution in [-0.2, 0) is 6.61 Å². The molecule has 1 saturated heterocycles. The number of rotatable bonds is 4. The van der Waals surface area contributed by atoms with E-state index in [0.717, 1.165) is 24.7 Å². The first-order valence-corrected chi connectivity index (χ1v) is 6.64. The van der Waals surface area contributed by atoms with Gasteiger partial charge in [-0.3, -0.25) is 4.98 Å². The standard InChI is InChI=1S/C14H22N2O/c1-2-3-12-5-8-16(9-6-12)14-4-7-15-13(10-14)11-17/h4,7,10,12,17H,2-3,5-6,8-9,11H2,1H3. The third kappa shape index (κ3) is 3.19. The molecule has 3 nitrogen and oxygen atoms in total. The highest BCUT2D eigenvalue weighted by Gasteiger charge is 2.18. The fourth-order valence-electron chi connectivity index (χ4n) is 2.64. The Morgan fingerprint density at radius 3 is 2.82 bits per heavy atom. The number of piperidine rings is 1. The molecule has 1 fully saturated rings. The predicted octanol–water partition coefficient (Wildman–Crippen LogP) is 2.59. The van der Waals surface area contributed by atoms with Gasteiger partial charge in [0.15, 0.2) is 0 Å². The molecule has 0 radical (unpaired) electrons. The number of pyridine rings is 1. The van der Waals surface area contributed by atoms with E-state index in [0.29, 0.717) is 0 Å². The molecule has 0 unspecified atom stereocenters. The number of aromatic nitrogens is 1. The molecule has 0 spiro atoms. The van der Waals surface area contributed by atoms with Crippen LogP contribution in [0.3, 0.4) is 0 Å². The van der Waals surface area contributed by atoms with E-state index in [4.69, 9.17) is 5.11 Å². The van der Waals surface area contributed by atoms with Gasteiger partial charge >= 0.3 is 0 Å². The number of nitrogens with zero attached hydrogens (tertiary/aromatic N) is 2. The Labute approximate surface area is 103 Å². The molecule has 1 aromatic heterocycles. The highest BCUT2D eigenvalue weighted by atomic mass is 16.3. The quantitative estimate of drug-likeness (QED) is 0.870. The van der Waals surface area contributed by atoms with Gasteiger partial charge in [0.05, 0.1) is 12.3 Å². The summed E-state index contributed by atoms with van der Waals surface area (Å²) in [5.74, 6) is 0.912. The molecular formula is C14H22N2O. The fourth-order valence-corrected chi connectivity index (χ4v) is 2.64. The Balaban J connectivity index is 1.95. The van der Waals surface area contributed by atoms with Crippen LogP contribution in [0, 0.1) is 5.92 Å². The summed E-state index contributed by atoms with van der Waals surface area (Å²) in [6, 6.07) is 4.04.